The summed E-state index contributed by atoms with van der Waals surface area (Å²) in [5.41, 5.74) is 0. The van der Waals surface area contributed by atoms with Gasteiger partial charge in [-0.15, -0.1) is 11.6 Å². The Morgan fingerprint density at radius 2 is 2.00 bits per heavy atom. The van der Waals surface area contributed by atoms with Crippen molar-refractivity contribution in [3.8, 4) is 0 Å². The van der Waals surface area contributed by atoms with Crippen molar-refractivity contribution >= 4 is 21.6 Å². The highest BCUT2D eigenvalue weighted by molar-refractivity contribution is 7.89. The number of ether oxygens (including phenoxy) is 1. The van der Waals surface area contributed by atoms with Gasteiger partial charge in [-0.2, -0.15) is 4.31 Å². The van der Waals surface area contributed by atoms with E-state index < -0.39 is 10.0 Å². The zero-order valence-electron chi connectivity index (χ0n) is 10.7. The molecule has 2 rings (SSSR count). The molecule has 0 N–H and O–H groups in total. The first-order chi connectivity index (χ1) is 8.63. The molecule has 2 unspecified atom stereocenters. The standard InChI is InChI=1S/C12H22ClNO3S/c13-9-11-5-2-1-3-7-14(11)18(15,16)10-12-6-4-8-17-12/h11-12H,1-10H2. The molecule has 4 nitrogen and oxygen atoms in total. The first-order valence-corrected chi connectivity index (χ1v) is 8.95. The number of sulfonamides is 1. The summed E-state index contributed by atoms with van der Waals surface area (Å²) in [7, 11) is -3.23. The second-order valence-electron chi connectivity index (χ2n) is 5.18. The summed E-state index contributed by atoms with van der Waals surface area (Å²) in [5, 5.41) is 0. The van der Waals surface area contributed by atoms with Crippen LogP contribution in [-0.4, -0.2) is 49.7 Å². The zero-order chi connectivity index (χ0) is 13.0. The number of alkyl halides is 1. The highest BCUT2D eigenvalue weighted by Crippen LogP contribution is 2.23. The molecule has 0 saturated carbocycles. The average Bonchev–Trinajstić information content (AvgIpc) is 2.69. The van der Waals surface area contributed by atoms with Gasteiger partial charge in [0.15, 0.2) is 0 Å². The number of nitrogens with zero attached hydrogens (tertiary/aromatic N) is 1. The van der Waals surface area contributed by atoms with E-state index in [1.54, 1.807) is 4.31 Å². The van der Waals surface area contributed by atoms with Crippen LogP contribution in [0.5, 0.6) is 0 Å². The Hall–Kier alpha value is 0.160. The molecule has 0 aromatic carbocycles. The largest absolute Gasteiger partial charge is 0.377 e. The van der Waals surface area contributed by atoms with E-state index in [9.17, 15) is 8.42 Å². The van der Waals surface area contributed by atoms with Crippen LogP contribution in [0.15, 0.2) is 0 Å². The van der Waals surface area contributed by atoms with Gasteiger partial charge in [0.05, 0.1) is 11.9 Å². The highest BCUT2D eigenvalue weighted by Gasteiger charge is 2.33. The average molecular weight is 296 g/mol. The van der Waals surface area contributed by atoms with Crippen LogP contribution < -0.4 is 0 Å². The van der Waals surface area contributed by atoms with Gasteiger partial charge in [0.2, 0.25) is 10.0 Å². The third-order valence-electron chi connectivity index (χ3n) is 3.78. The molecule has 0 aromatic heterocycles. The van der Waals surface area contributed by atoms with Crippen LogP contribution in [0.3, 0.4) is 0 Å². The monoisotopic (exact) mass is 295 g/mol. The lowest BCUT2D eigenvalue weighted by molar-refractivity contribution is 0.126. The van der Waals surface area contributed by atoms with Crippen molar-refractivity contribution in [3.05, 3.63) is 0 Å². The van der Waals surface area contributed by atoms with Crippen molar-refractivity contribution in [3.63, 3.8) is 0 Å². The summed E-state index contributed by atoms with van der Waals surface area (Å²) < 4.78 is 32.0. The summed E-state index contributed by atoms with van der Waals surface area (Å²) >= 11 is 5.93. The van der Waals surface area contributed by atoms with E-state index in [2.05, 4.69) is 0 Å². The van der Waals surface area contributed by atoms with Crippen LogP contribution in [0.1, 0.15) is 38.5 Å². The molecule has 6 heteroatoms. The van der Waals surface area contributed by atoms with Crippen molar-refractivity contribution in [2.75, 3.05) is 24.8 Å². The van der Waals surface area contributed by atoms with Gasteiger partial charge in [0.25, 0.3) is 0 Å². The van der Waals surface area contributed by atoms with Gasteiger partial charge in [0, 0.05) is 25.1 Å². The van der Waals surface area contributed by atoms with Crippen molar-refractivity contribution < 1.29 is 13.2 Å². The molecule has 0 amide bonds. The smallest absolute Gasteiger partial charge is 0.216 e. The molecular weight excluding hydrogens is 274 g/mol. The summed E-state index contributed by atoms with van der Waals surface area (Å²) in [6.45, 7) is 1.31. The molecule has 2 saturated heterocycles. The zero-order valence-corrected chi connectivity index (χ0v) is 12.3. The molecule has 2 fully saturated rings. The van der Waals surface area contributed by atoms with Crippen LogP contribution in [0, 0.1) is 0 Å². The maximum absolute atomic E-state index is 12.5. The quantitative estimate of drug-likeness (QED) is 0.745. The van der Waals surface area contributed by atoms with Crippen LogP contribution >= 0.6 is 11.6 Å². The molecule has 106 valence electrons. The Kier molecular flexibility index (Phi) is 5.30. The van der Waals surface area contributed by atoms with Gasteiger partial charge >= 0.3 is 0 Å². The van der Waals surface area contributed by atoms with Gasteiger partial charge < -0.3 is 4.74 Å². The third kappa shape index (κ3) is 3.59. The van der Waals surface area contributed by atoms with Crippen LogP contribution in [0.4, 0.5) is 0 Å². The van der Waals surface area contributed by atoms with E-state index >= 15 is 0 Å². The highest BCUT2D eigenvalue weighted by atomic mass is 35.5. The first-order valence-electron chi connectivity index (χ1n) is 6.80. The molecule has 0 aliphatic carbocycles. The maximum atomic E-state index is 12.5. The second-order valence-corrected chi connectivity index (χ2v) is 7.46. The summed E-state index contributed by atoms with van der Waals surface area (Å²) in [5.74, 6) is 0.519. The molecule has 0 spiro atoms. The number of hydrogen-bond donors (Lipinski definition) is 0. The molecule has 0 aromatic rings. The number of hydrogen-bond acceptors (Lipinski definition) is 3. The van der Waals surface area contributed by atoms with Crippen molar-refractivity contribution in [2.45, 2.75) is 50.7 Å². The predicted molar refractivity (Wildman–Crippen MR) is 72.4 cm³/mol. The Morgan fingerprint density at radius 1 is 1.17 bits per heavy atom. The fourth-order valence-electron chi connectivity index (χ4n) is 2.78. The van der Waals surface area contributed by atoms with Crippen LogP contribution in [0.25, 0.3) is 0 Å². The van der Waals surface area contributed by atoms with Crippen molar-refractivity contribution in [1.29, 1.82) is 0 Å². The van der Waals surface area contributed by atoms with Gasteiger partial charge in [-0.1, -0.05) is 12.8 Å². The second kappa shape index (κ2) is 6.55. The van der Waals surface area contributed by atoms with Gasteiger partial charge in [-0.05, 0) is 25.7 Å². The topological polar surface area (TPSA) is 46.6 Å². The maximum Gasteiger partial charge on any atom is 0.216 e. The fraction of sp³-hybridized carbons (Fsp3) is 1.00. The minimum absolute atomic E-state index is 0.0273. The minimum atomic E-state index is -3.23. The fourth-order valence-corrected chi connectivity index (χ4v) is 5.15. The Morgan fingerprint density at radius 3 is 2.67 bits per heavy atom. The molecule has 2 heterocycles. The molecule has 2 aliphatic rings. The third-order valence-corrected chi connectivity index (χ3v) is 6.12. The van der Waals surface area contributed by atoms with E-state index in [0.29, 0.717) is 19.0 Å². The Bertz CT molecular complexity index is 354. The molecule has 2 aliphatic heterocycles. The summed E-state index contributed by atoms with van der Waals surface area (Å²) in [6.07, 6.45) is 5.71. The van der Waals surface area contributed by atoms with Gasteiger partial charge in [-0.25, -0.2) is 8.42 Å². The SMILES string of the molecule is O=S(=O)(CC1CCCO1)N1CCCCCC1CCl. The predicted octanol–water partition coefficient (Wildman–Crippen LogP) is 1.98. The summed E-state index contributed by atoms with van der Waals surface area (Å²) in [4.78, 5) is 0. The molecule has 0 radical (unpaired) electrons. The van der Waals surface area contributed by atoms with Crippen molar-refractivity contribution in [2.24, 2.45) is 0 Å². The van der Waals surface area contributed by atoms with Crippen LogP contribution in [0.2, 0.25) is 0 Å². The van der Waals surface area contributed by atoms with E-state index in [0.717, 1.165) is 38.5 Å². The van der Waals surface area contributed by atoms with E-state index in [1.807, 2.05) is 0 Å². The molecular formula is C12H22ClNO3S. The Balaban J connectivity index is 2.05. The van der Waals surface area contributed by atoms with Gasteiger partial charge in [-0.3, -0.25) is 0 Å². The number of rotatable bonds is 4. The normalized spacial score (nSPS) is 31.4. The lowest BCUT2D eigenvalue weighted by atomic mass is 10.1. The van der Waals surface area contributed by atoms with E-state index in [4.69, 9.17) is 16.3 Å². The van der Waals surface area contributed by atoms with Gasteiger partial charge in [0.1, 0.15) is 0 Å². The van der Waals surface area contributed by atoms with Crippen molar-refractivity contribution in [1.82, 2.24) is 4.31 Å². The van der Waals surface area contributed by atoms with E-state index in [1.165, 1.54) is 0 Å². The number of halogens is 1. The van der Waals surface area contributed by atoms with Crippen LogP contribution in [-0.2, 0) is 14.8 Å². The minimum Gasteiger partial charge on any atom is -0.377 e. The lowest BCUT2D eigenvalue weighted by Crippen LogP contribution is -2.44. The molecule has 18 heavy (non-hydrogen) atoms. The molecule has 0 bridgehead atoms. The lowest BCUT2D eigenvalue weighted by Gasteiger charge is -2.28. The Labute approximate surface area is 115 Å². The molecule has 2 atom stereocenters. The van der Waals surface area contributed by atoms with E-state index in [-0.39, 0.29) is 17.9 Å². The first kappa shape index (κ1) is 14.6. The summed E-state index contributed by atoms with van der Waals surface area (Å²) in [6, 6.07) is -0.0273.